The monoisotopic (exact) mass is 281 g/mol. The smallest absolute Gasteiger partial charge is 0.407 e. The lowest BCUT2D eigenvalue weighted by Crippen LogP contribution is -2.33. The lowest BCUT2D eigenvalue weighted by Gasteiger charge is -2.20. The molecule has 0 bridgehead atoms. The third-order valence-electron chi connectivity index (χ3n) is 1.82. The molecule has 0 aromatic carbocycles. The number of oxazole rings is 1. The molecule has 0 spiro atoms. The van der Waals surface area contributed by atoms with Gasteiger partial charge in [-0.05, 0) is 6.92 Å². The number of rotatable bonds is 2. The van der Waals surface area contributed by atoms with Crippen molar-refractivity contribution in [2.24, 2.45) is 0 Å². The minimum absolute atomic E-state index is 0.389. The van der Waals surface area contributed by atoms with E-state index in [0.29, 0.717) is 6.20 Å². The second-order valence-electron chi connectivity index (χ2n) is 3.23. The van der Waals surface area contributed by atoms with E-state index < -0.39 is 29.4 Å². The van der Waals surface area contributed by atoms with Crippen LogP contribution in [0.1, 0.15) is 29.9 Å². The van der Waals surface area contributed by atoms with Crippen molar-refractivity contribution in [1.29, 1.82) is 0 Å². The quantitative estimate of drug-likeness (QED) is 0.600. The molecule has 0 saturated heterocycles. The first-order valence-electron chi connectivity index (χ1n) is 4.26. The van der Waals surface area contributed by atoms with Crippen LogP contribution >= 0.6 is 11.6 Å². The minimum atomic E-state index is -5.50. The molecule has 1 aromatic rings. The summed E-state index contributed by atoms with van der Waals surface area (Å²) in [4.78, 5) is 3.26. The van der Waals surface area contributed by atoms with Crippen LogP contribution in [-0.2, 0) is 0 Å². The highest BCUT2D eigenvalue weighted by molar-refractivity contribution is 6.20. The van der Waals surface area contributed by atoms with Gasteiger partial charge in [0.05, 0.1) is 6.20 Å². The standard InChI is InChI=1S/C8H6ClF6NO/c1-3(9)6-16-2-4(17-6)5(7(10,11)12)8(13,14)15/h2-3,5H,1H3. The Morgan fingerprint density at radius 3 is 1.94 bits per heavy atom. The zero-order valence-corrected chi connectivity index (χ0v) is 8.99. The van der Waals surface area contributed by atoms with E-state index in [0.717, 1.165) is 0 Å². The van der Waals surface area contributed by atoms with Crippen molar-refractivity contribution in [2.75, 3.05) is 0 Å². The van der Waals surface area contributed by atoms with Crippen molar-refractivity contribution in [2.45, 2.75) is 30.6 Å². The summed E-state index contributed by atoms with van der Waals surface area (Å²) in [6, 6.07) is 0. The topological polar surface area (TPSA) is 26.0 Å². The zero-order valence-electron chi connectivity index (χ0n) is 8.23. The van der Waals surface area contributed by atoms with Crippen LogP contribution in [0.3, 0.4) is 0 Å². The molecule has 0 aliphatic rings. The molecule has 0 aliphatic heterocycles. The Morgan fingerprint density at radius 1 is 1.18 bits per heavy atom. The summed E-state index contributed by atoms with van der Waals surface area (Å²) in [6.07, 6.45) is -10.6. The van der Waals surface area contributed by atoms with E-state index in [9.17, 15) is 26.3 Å². The number of alkyl halides is 7. The third kappa shape index (κ3) is 3.27. The van der Waals surface area contributed by atoms with Crippen molar-refractivity contribution in [3.05, 3.63) is 17.8 Å². The van der Waals surface area contributed by atoms with E-state index in [2.05, 4.69) is 9.40 Å². The average molecular weight is 282 g/mol. The highest BCUT2D eigenvalue weighted by Crippen LogP contribution is 2.46. The van der Waals surface area contributed by atoms with Gasteiger partial charge >= 0.3 is 12.4 Å². The molecule has 1 heterocycles. The van der Waals surface area contributed by atoms with Gasteiger partial charge in [0.25, 0.3) is 0 Å². The van der Waals surface area contributed by atoms with Crippen molar-refractivity contribution in [1.82, 2.24) is 4.98 Å². The first-order valence-corrected chi connectivity index (χ1v) is 4.70. The molecule has 1 unspecified atom stereocenters. The maximum atomic E-state index is 12.3. The van der Waals surface area contributed by atoms with Crippen molar-refractivity contribution in [3.8, 4) is 0 Å². The highest BCUT2D eigenvalue weighted by atomic mass is 35.5. The van der Waals surface area contributed by atoms with Gasteiger partial charge in [0.15, 0.2) is 0 Å². The molecule has 1 rings (SSSR count). The normalized spacial score (nSPS) is 15.4. The summed E-state index contributed by atoms with van der Waals surface area (Å²) in [5, 5.41) is -0.911. The van der Waals surface area contributed by atoms with E-state index in [1.165, 1.54) is 6.92 Å². The summed E-state index contributed by atoms with van der Waals surface area (Å²) < 4.78 is 78.0. The van der Waals surface area contributed by atoms with Gasteiger partial charge in [-0.1, -0.05) is 0 Å². The molecule has 0 N–H and O–H groups in total. The molecule has 0 fully saturated rings. The number of hydrogen-bond acceptors (Lipinski definition) is 2. The van der Waals surface area contributed by atoms with Crippen molar-refractivity contribution >= 4 is 11.6 Å². The third-order valence-corrected chi connectivity index (χ3v) is 2.01. The fraction of sp³-hybridized carbons (Fsp3) is 0.625. The van der Waals surface area contributed by atoms with Gasteiger partial charge in [0.1, 0.15) is 11.1 Å². The summed E-state index contributed by atoms with van der Waals surface area (Å²) in [6.45, 7) is 1.31. The molecule has 1 atom stereocenters. The van der Waals surface area contributed by atoms with Crippen LogP contribution in [0.25, 0.3) is 0 Å². The van der Waals surface area contributed by atoms with E-state index in [4.69, 9.17) is 11.6 Å². The van der Waals surface area contributed by atoms with Gasteiger partial charge in [-0.25, -0.2) is 4.98 Å². The second-order valence-corrected chi connectivity index (χ2v) is 3.89. The maximum absolute atomic E-state index is 12.3. The molecule has 0 amide bonds. The van der Waals surface area contributed by atoms with Gasteiger partial charge in [-0.15, -0.1) is 11.6 Å². The predicted molar refractivity (Wildman–Crippen MR) is 45.6 cm³/mol. The first-order chi connectivity index (χ1) is 7.53. The van der Waals surface area contributed by atoms with E-state index in [1.54, 1.807) is 0 Å². The SMILES string of the molecule is CC(Cl)c1ncc(C(C(F)(F)F)C(F)(F)F)o1. The molecule has 0 saturated carbocycles. The molecule has 0 radical (unpaired) electrons. The summed E-state index contributed by atoms with van der Waals surface area (Å²) in [7, 11) is 0. The number of aromatic nitrogens is 1. The largest absolute Gasteiger partial charge is 0.443 e. The van der Waals surface area contributed by atoms with Gasteiger partial charge in [0.2, 0.25) is 11.8 Å². The number of nitrogens with zero attached hydrogens (tertiary/aromatic N) is 1. The van der Waals surface area contributed by atoms with Crippen LogP contribution in [0.5, 0.6) is 0 Å². The summed E-state index contributed by atoms with van der Waals surface area (Å²) >= 11 is 5.43. The Bertz CT molecular complexity index is 368. The Hall–Kier alpha value is -0.920. The van der Waals surface area contributed by atoms with Crippen LogP contribution in [0, 0.1) is 0 Å². The molecule has 9 heteroatoms. The fourth-order valence-corrected chi connectivity index (χ4v) is 1.23. The van der Waals surface area contributed by atoms with E-state index in [-0.39, 0.29) is 5.89 Å². The molecule has 98 valence electrons. The van der Waals surface area contributed by atoms with Crippen molar-refractivity contribution in [3.63, 3.8) is 0 Å². The van der Waals surface area contributed by atoms with Gasteiger partial charge in [-0.3, -0.25) is 0 Å². The second kappa shape index (κ2) is 4.40. The average Bonchev–Trinajstić information content (AvgIpc) is 2.46. The molecule has 17 heavy (non-hydrogen) atoms. The van der Waals surface area contributed by atoms with E-state index in [1.807, 2.05) is 0 Å². The summed E-state index contributed by atoms with van der Waals surface area (Å²) in [5.74, 6) is -5.39. The van der Waals surface area contributed by atoms with Gasteiger partial charge < -0.3 is 4.42 Å². The minimum Gasteiger partial charge on any atom is -0.443 e. The Kier molecular flexibility index (Phi) is 3.66. The molecule has 0 aliphatic carbocycles. The Labute approximate surface area is 96.6 Å². The van der Waals surface area contributed by atoms with E-state index >= 15 is 0 Å². The zero-order chi connectivity index (χ0) is 13.4. The molecule has 2 nitrogen and oxygen atoms in total. The van der Waals surface area contributed by atoms with Crippen LogP contribution in [-0.4, -0.2) is 17.3 Å². The van der Waals surface area contributed by atoms with Gasteiger partial charge in [0, 0.05) is 0 Å². The van der Waals surface area contributed by atoms with Crippen LogP contribution in [0.2, 0.25) is 0 Å². The Balaban J connectivity index is 3.15. The molecular formula is C8H6ClF6NO. The predicted octanol–water partition coefficient (Wildman–Crippen LogP) is 4.18. The first kappa shape index (κ1) is 14.1. The molecule has 1 aromatic heterocycles. The van der Waals surface area contributed by atoms with Crippen LogP contribution in [0.4, 0.5) is 26.3 Å². The fourth-order valence-electron chi connectivity index (χ4n) is 1.13. The van der Waals surface area contributed by atoms with Gasteiger partial charge in [-0.2, -0.15) is 26.3 Å². The molecular weight excluding hydrogens is 276 g/mol. The maximum Gasteiger partial charge on any atom is 0.407 e. The number of hydrogen-bond donors (Lipinski definition) is 0. The Morgan fingerprint density at radius 2 is 1.65 bits per heavy atom. The van der Waals surface area contributed by atoms with Crippen LogP contribution in [0.15, 0.2) is 10.6 Å². The number of halogens is 7. The highest BCUT2D eigenvalue weighted by Gasteiger charge is 2.59. The van der Waals surface area contributed by atoms with Crippen LogP contribution < -0.4 is 0 Å². The summed E-state index contributed by atoms with van der Waals surface area (Å²) in [5.41, 5.74) is 0. The lowest BCUT2D eigenvalue weighted by atomic mass is 10.1. The lowest BCUT2D eigenvalue weighted by molar-refractivity contribution is -0.257. The van der Waals surface area contributed by atoms with Crippen molar-refractivity contribution < 1.29 is 30.8 Å².